The standard InChI is InChI=1S/C20H14F3N3O2/c21-20(22,23)9-13-3-1-4-14(7-13)11-26-12-16(8-15(10-24)19(27)28)17-5-2-6-25-18(17)26/h1-8,12H,9,11H2,(H,27,28)/b15-8+. The first-order valence-corrected chi connectivity index (χ1v) is 8.20. The summed E-state index contributed by atoms with van der Waals surface area (Å²) in [5.41, 5.74) is 1.42. The van der Waals surface area contributed by atoms with Gasteiger partial charge in [0.05, 0.1) is 6.42 Å². The predicted octanol–water partition coefficient (Wildman–Crippen LogP) is 4.18. The summed E-state index contributed by atoms with van der Waals surface area (Å²) in [5, 5.41) is 18.7. The van der Waals surface area contributed by atoms with Gasteiger partial charge in [0.2, 0.25) is 0 Å². The molecule has 0 atom stereocenters. The van der Waals surface area contributed by atoms with Crippen LogP contribution in [0.1, 0.15) is 16.7 Å². The summed E-state index contributed by atoms with van der Waals surface area (Å²) >= 11 is 0. The molecule has 3 aromatic rings. The Hall–Kier alpha value is -3.60. The molecule has 28 heavy (non-hydrogen) atoms. The molecule has 5 nitrogen and oxygen atoms in total. The second-order valence-corrected chi connectivity index (χ2v) is 6.17. The molecule has 0 bridgehead atoms. The van der Waals surface area contributed by atoms with Gasteiger partial charge in [0, 0.05) is 29.9 Å². The predicted molar refractivity (Wildman–Crippen MR) is 96.3 cm³/mol. The highest BCUT2D eigenvalue weighted by Crippen LogP contribution is 2.25. The number of carbonyl (C=O) groups is 1. The first-order valence-electron chi connectivity index (χ1n) is 8.20. The van der Waals surface area contributed by atoms with Crippen LogP contribution in [0.4, 0.5) is 13.2 Å². The van der Waals surface area contributed by atoms with E-state index in [1.54, 1.807) is 47.3 Å². The highest BCUT2D eigenvalue weighted by molar-refractivity contribution is 5.99. The number of rotatable bonds is 5. The van der Waals surface area contributed by atoms with E-state index in [0.717, 1.165) is 0 Å². The van der Waals surface area contributed by atoms with E-state index in [9.17, 15) is 18.0 Å². The van der Waals surface area contributed by atoms with Gasteiger partial charge in [0.1, 0.15) is 17.3 Å². The molecule has 0 saturated carbocycles. The number of hydrogen-bond donors (Lipinski definition) is 1. The van der Waals surface area contributed by atoms with Gasteiger partial charge in [0.15, 0.2) is 0 Å². The molecule has 1 aromatic carbocycles. The molecule has 0 radical (unpaired) electrons. The summed E-state index contributed by atoms with van der Waals surface area (Å²) in [6.07, 6.45) is -0.849. The van der Waals surface area contributed by atoms with Crippen LogP contribution in [0.5, 0.6) is 0 Å². The molecule has 0 aliphatic rings. The van der Waals surface area contributed by atoms with Crippen molar-refractivity contribution in [3.8, 4) is 6.07 Å². The quantitative estimate of drug-likeness (QED) is 0.528. The molecule has 0 amide bonds. The SMILES string of the molecule is N#C/C(=C\c1cn(Cc2cccc(CC(F)(F)F)c2)c2ncccc12)C(=O)O. The number of nitrogens with zero attached hydrogens (tertiary/aromatic N) is 3. The van der Waals surface area contributed by atoms with E-state index in [4.69, 9.17) is 10.4 Å². The number of aromatic nitrogens is 2. The lowest BCUT2D eigenvalue weighted by molar-refractivity contribution is -0.132. The topological polar surface area (TPSA) is 78.9 Å². The second-order valence-electron chi connectivity index (χ2n) is 6.17. The van der Waals surface area contributed by atoms with Crippen LogP contribution >= 0.6 is 0 Å². The maximum Gasteiger partial charge on any atom is 0.393 e. The zero-order valence-corrected chi connectivity index (χ0v) is 14.4. The number of nitriles is 1. The number of benzene rings is 1. The maximum atomic E-state index is 12.6. The Kier molecular flexibility index (Phi) is 5.18. The van der Waals surface area contributed by atoms with Crippen LogP contribution in [0.2, 0.25) is 0 Å². The molecule has 2 heterocycles. The minimum absolute atomic E-state index is 0.159. The monoisotopic (exact) mass is 385 g/mol. The maximum absolute atomic E-state index is 12.6. The first kappa shape index (κ1) is 19.2. The summed E-state index contributed by atoms with van der Waals surface area (Å²) in [6, 6.07) is 11.2. The summed E-state index contributed by atoms with van der Waals surface area (Å²) in [6.45, 7) is 0.252. The van der Waals surface area contributed by atoms with E-state index >= 15 is 0 Å². The van der Waals surface area contributed by atoms with Crippen molar-refractivity contribution in [2.75, 3.05) is 0 Å². The van der Waals surface area contributed by atoms with E-state index < -0.39 is 24.1 Å². The summed E-state index contributed by atoms with van der Waals surface area (Å²) in [5.74, 6) is -1.34. The lowest BCUT2D eigenvalue weighted by atomic mass is 10.1. The Morgan fingerprint density at radius 2 is 2.00 bits per heavy atom. The van der Waals surface area contributed by atoms with Gasteiger partial charge in [0.25, 0.3) is 0 Å². The lowest BCUT2D eigenvalue weighted by Gasteiger charge is -2.09. The van der Waals surface area contributed by atoms with Gasteiger partial charge in [-0.3, -0.25) is 0 Å². The molecular weight excluding hydrogens is 371 g/mol. The highest BCUT2D eigenvalue weighted by Gasteiger charge is 2.27. The van der Waals surface area contributed by atoms with Gasteiger partial charge in [-0.25, -0.2) is 9.78 Å². The number of carboxylic acids is 1. The lowest BCUT2D eigenvalue weighted by Crippen LogP contribution is -2.11. The molecule has 1 N–H and O–H groups in total. The number of halogens is 3. The fourth-order valence-electron chi connectivity index (χ4n) is 2.95. The normalized spacial score (nSPS) is 12.1. The zero-order chi connectivity index (χ0) is 20.3. The number of pyridine rings is 1. The molecule has 0 unspecified atom stereocenters. The number of carboxylic acid groups (broad SMARTS) is 1. The van der Waals surface area contributed by atoms with Gasteiger partial charge in [-0.1, -0.05) is 24.3 Å². The van der Waals surface area contributed by atoms with Crippen molar-refractivity contribution in [2.45, 2.75) is 19.1 Å². The van der Waals surface area contributed by atoms with Gasteiger partial charge >= 0.3 is 12.1 Å². The van der Waals surface area contributed by atoms with Gasteiger partial charge in [-0.15, -0.1) is 0 Å². The van der Waals surface area contributed by atoms with Crippen molar-refractivity contribution in [1.82, 2.24) is 9.55 Å². The van der Waals surface area contributed by atoms with E-state index in [0.29, 0.717) is 22.2 Å². The van der Waals surface area contributed by atoms with Crippen LogP contribution < -0.4 is 0 Å². The van der Waals surface area contributed by atoms with Crippen LogP contribution in [-0.2, 0) is 17.8 Å². The Balaban J connectivity index is 2.00. The Labute approximate surface area is 158 Å². The van der Waals surface area contributed by atoms with E-state index in [1.807, 2.05) is 0 Å². The molecule has 0 aliphatic carbocycles. The zero-order valence-electron chi connectivity index (χ0n) is 14.4. The minimum Gasteiger partial charge on any atom is -0.477 e. The highest BCUT2D eigenvalue weighted by atomic mass is 19.4. The van der Waals surface area contributed by atoms with Crippen molar-refractivity contribution in [3.05, 3.63) is 71.1 Å². The van der Waals surface area contributed by atoms with Gasteiger partial charge in [-0.2, -0.15) is 18.4 Å². The number of hydrogen-bond acceptors (Lipinski definition) is 3. The second kappa shape index (κ2) is 7.56. The van der Waals surface area contributed by atoms with Crippen LogP contribution in [0.3, 0.4) is 0 Å². The van der Waals surface area contributed by atoms with Gasteiger partial charge < -0.3 is 9.67 Å². The average molecular weight is 385 g/mol. The van der Waals surface area contributed by atoms with Crippen LogP contribution in [-0.4, -0.2) is 26.8 Å². The molecule has 2 aromatic heterocycles. The summed E-state index contributed by atoms with van der Waals surface area (Å²) in [7, 11) is 0. The van der Waals surface area contributed by atoms with E-state index in [2.05, 4.69) is 4.98 Å². The van der Waals surface area contributed by atoms with Crippen LogP contribution in [0.15, 0.2) is 54.4 Å². The van der Waals surface area contributed by atoms with E-state index in [1.165, 1.54) is 18.2 Å². The molecule has 0 fully saturated rings. The molecular formula is C20H14F3N3O2. The van der Waals surface area contributed by atoms with Crippen molar-refractivity contribution in [1.29, 1.82) is 5.26 Å². The van der Waals surface area contributed by atoms with Gasteiger partial charge in [-0.05, 0) is 29.3 Å². The van der Waals surface area contributed by atoms with Crippen LogP contribution in [0, 0.1) is 11.3 Å². The third-order valence-electron chi connectivity index (χ3n) is 4.06. The third kappa shape index (κ3) is 4.38. The summed E-state index contributed by atoms with van der Waals surface area (Å²) in [4.78, 5) is 15.4. The molecule has 8 heteroatoms. The molecule has 0 spiro atoms. The molecule has 3 rings (SSSR count). The Morgan fingerprint density at radius 3 is 2.68 bits per heavy atom. The van der Waals surface area contributed by atoms with Crippen molar-refractivity contribution < 1.29 is 23.1 Å². The van der Waals surface area contributed by atoms with Crippen molar-refractivity contribution >= 4 is 23.1 Å². The number of fused-ring (bicyclic) bond motifs is 1. The van der Waals surface area contributed by atoms with Crippen LogP contribution in [0.25, 0.3) is 17.1 Å². The number of aliphatic carboxylic acids is 1. The van der Waals surface area contributed by atoms with E-state index in [-0.39, 0.29) is 12.1 Å². The average Bonchev–Trinajstić information content (AvgIpc) is 2.96. The third-order valence-corrected chi connectivity index (χ3v) is 4.06. The largest absolute Gasteiger partial charge is 0.477 e. The molecule has 142 valence electrons. The first-order chi connectivity index (χ1) is 13.3. The van der Waals surface area contributed by atoms with Crippen molar-refractivity contribution in [2.24, 2.45) is 0 Å². The minimum atomic E-state index is -4.29. The Morgan fingerprint density at radius 1 is 1.25 bits per heavy atom. The summed E-state index contributed by atoms with van der Waals surface area (Å²) < 4.78 is 39.6. The molecule has 0 aliphatic heterocycles. The number of alkyl halides is 3. The molecule has 0 saturated heterocycles. The fourth-order valence-corrected chi connectivity index (χ4v) is 2.95. The smallest absolute Gasteiger partial charge is 0.393 e. The Bertz CT molecular complexity index is 1110. The fraction of sp³-hybridized carbons (Fsp3) is 0.150. The van der Waals surface area contributed by atoms with Crippen molar-refractivity contribution in [3.63, 3.8) is 0 Å².